The van der Waals surface area contributed by atoms with Crippen LogP contribution in [0.25, 0.3) is 0 Å². The maximum atomic E-state index is 13.2. The van der Waals surface area contributed by atoms with Gasteiger partial charge in [0.05, 0.1) is 5.02 Å². The molecule has 0 spiro atoms. The van der Waals surface area contributed by atoms with E-state index < -0.39 is 5.82 Å². The minimum atomic E-state index is -0.405. The predicted molar refractivity (Wildman–Crippen MR) is 75.7 cm³/mol. The van der Waals surface area contributed by atoms with Crippen molar-refractivity contribution in [1.29, 1.82) is 0 Å². The third-order valence-electron chi connectivity index (χ3n) is 3.72. The van der Waals surface area contributed by atoms with E-state index in [0.717, 1.165) is 29.5 Å². The van der Waals surface area contributed by atoms with E-state index in [1.54, 1.807) is 18.2 Å². The Morgan fingerprint density at radius 1 is 1.15 bits per heavy atom. The Morgan fingerprint density at radius 2 is 2.00 bits per heavy atom. The van der Waals surface area contributed by atoms with Crippen LogP contribution in [0.3, 0.4) is 0 Å². The van der Waals surface area contributed by atoms with Gasteiger partial charge in [0.1, 0.15) is 11.6 Å². The fourth-order valence-electron chi connectivity index (χ4n) is 2.69. The Labute approximate surface area is 121 Å². The van der Waals surface area contributed by atoms with E-state index in [1.165, 1.54) is 12.1 Å². The SMILES string of the molecule is Fc1ccc2c(c1)CCC2NCc1ccc(F)c(Cl)c1. The molecule has 1 unspecified atom stereocenters. The van der Waals surface area contributed by atoms with Crippen LogP contribution in [-0.4, -0.2) is 0 Å². The van der Waals surface area contributed by atoms with Gasteiger partial charge in [0.15, 0.2) is 0 Å². The molecular weight excluding hydrogens is 280 g/mol. The predicted octanol–water partition coefficient (Wildman–Crippen LogP) is 4.40. The van der Waals surface area contributed by atoms with E-state index in [4.69, 9.17) is 11.6 Å². The molecule has 2 aromatic carbocycles. The molecule has 0 aromatic heterocycles. The number of fused-ring (bicyclic) bond motifs is 1. The summed E-state index contributed by atoms with van der Waals surface area (Å²) in [5.41, 5.74) is 3.16. The van der Waals surface area contributed by atoms with Crippen molar-refractivity contribution in [2.75, 3.05) is 0 Å². The summed E-state index contributed by atoms with van der Waals surface area (Å²) >= 11 is 5.76. The molecule has 1 atom stereocenters. The van der Waals surface area contributed by atoms with Gasteiger partial charge in [-0.05, 0) is 53.8 Å². The molecule has 0 bridgehead atoms. The Bertz CT molecular complexity index is 642. The van der Waals surface area contributed by atoms with Crippen LogP contribution in [0, 0.1) is 11.6 Å². The maximum Gasteiger partial charge on any atom is 0.141 e. The lowest BCUT2D eigenvalue weighted by Gasteiger charge is -2.14. The number of hydrogen-bond acceptors (Lipinski definition) is 1. The molecule has 1 nitrogen and oxygen atoms in total. The van der Waals surface area contributed by atoms with E-state index in [2.05, 4.69) is 5.32 Å². The van der Waals surface area contributed by atoms with Crippen molar-refractivity contribution in [3.05, 3.63) is 69.7 Å². The molecule has 0 saturated heterocycles. The van der Waals surface area contributed by atoms with E-state index in [1.807, 2.05) is 6.07 Å². The van der Waals surface area contributed by atoms with Gasteiger partial charge in [-0.3, -0.25) is 0 Å². The summed E-state index contributed by atoms with van der Waals surface area (Å²) < 4.78 is 26.2. The highest BCUT2D eigenvalue weighted by Crippen LogP contribution is 2.31. The second kappa shape index (κ2) is 5.51. The average Bonchev–Trinajstić information content (AvgIpc) is 2.82. The Kier molecular flexibility index (Phi) is 3.72. The molecule has 0 amide bonds. The molecule has 4 heteroatoms. The third-order valence-corrected chi connectivity index (χ3v) is 4.01. The first-order chi connectivity index (χ1) is 9.63. The smallest absolute Gasteiger partial charge is 0.141 e. The molecule has 1 aliphatic carbocycles. The van der Waals surface area contributed by atoms with Crippen LogP contribution in [0.15, 0.2) is 36.4 Å². The molecule has 0 aliphatic heterocycles. The fraction of sp³-hybridized carbons (Fsp3) is 0.250. The summed E-state index contributed by atoms with van der Waals surface area (Å²) in [5, 5.41) is 3.55. The van der Waals surface area contributed by atoms with Gasteiger partial charge in [-0.2, -0.15) is 0 Å². The van der Waals surface area contributed by atoms with Crippen LogP contribution < -0.4 is 5.32 Å². The zero-order valence-electron chi connectivity index (χ0n) is 10.8. The Balaban J connectivity index is 1.70. The van der Waals surface area contributed by atoms with Gasteiger partial charge in [-0.15, -0.1) is 0 Å². The molecule has 1 N–H and O–H groups in total. The van der Waals surface area contributed by atoms with Gasteiger partial charge in [-0.1, -0.05) is 23.7 Å². The second-order valence-electron chi connectivity index (χ2n) is 5.06. The molecule has 0 saturated carbocycles. The Morgan fingerprint density at radius 3 is 2.80 bits per heavy atom. The summed E-state index contributed by atoms with van der Waals surface area (Å²) in [6.07, 6.45) is 1.84. The Hall–Kier alpha value is -1.45. The van der Waals surface area contributed by atoms with Crippen LogP contribution in [0.4, 0.5) is 8.78 Å². The van der Waals surface area contributed by atoms with Gasteiger partial charge in [0, 0.05) is 12.6 Å². The van der Waals surface area contributed by atoms with Gasteiger partial charge < -0.3 is 5.32 Å². The van der Waals surface area contributed by atoms with Crippen LogP contribution in [-0.2, 0) is 13.0 Å². The molecule has 104 valence electrons. The molecule has 0 fully saturated rings. The first-order valence-electron chi connectivity index (χ1n) is 6.59. The van der Waals surface area contributed by atoms with Gasteiger partial charge >= 0.3 is 0 Å². The van der Waals surface area contributed by atoms with E-state index in [-0.39, 0.29) is 16.9 Å². The molecule has 20 heavy (non-hydrogen) atoms. The highest BCUT2D eigenvalue weighted by Gasteiger charge is 2.22. The third kappa shape index (κ3) is 2.69. The van der Waals surface area contributed by atoms with E-state index in [9.17, 15) is 8.78 Å². The van der Waals surface area contributed by atoms with E-state index in [0.29, 0.717) is 6.54 Å². The minimum absolute atomic E-state index is 0.137. The average molecular weight is 294 g/mol. The minimum Gasteiger partial charge on any atom is -0.306 e. The topological polar surface area (TPSA) is 12.0 Å². The standard InChI is InChI=1S/C16H14ClF2N/c17-14-7-10(1-5-15(14)19)9-20-16-6-2-11-8-12(18)3-4-13(11)16/h1,3-5,7-8,16,20H,2,6,9H2. The summed E-state index contributed by atoms with van der Waals surface area (Å²) in [6.45, 7) is 0.613. The molecule has 1 aliphatic rings. The summed E-state index contributed by atoms with van der Waals surface area (Å²) in [4.78, 5) is 0. The van der Waals surface area contributed by atoms with E-state index >= 15 is 0 Å². The van der Waals surface area contributed by atoms with Crippen LogP contribution >= 0.6 is 11.6 Å². The molecule has 0 heterocycles. The molecule has 2 aromatic rings. The first-order valence-corrected chi connectivity index (χ1v) is 6.97. The van der Waals surface area contributed by atoms with Crippen molar-refractivity contribution >= 4 is 11.6 Å². The number of rotatable bonds is 3. The van der Waals surface area contributed by atoms with Crippen LogP contribution in [0.1, 0.15) is 29.2 Å². The van der Waals surface area contributed by atoms with Gasteiger partial charge in [0.25, 0.3) is 0 Å². The van der Waals surface area contributed by atoms with Gasteiger partial charge in [-0.25, -0.2) is 8.78 Å². The number of nitrogens with one attached hydrogen (secondary N) is 1. The van der Waals surface area contributed by atoms with Crippen molar-refractivity contribution in [1.82, 2.24) is 5.32 Å². The quantitative estimate of drug-likeness (QED) is 0.885. The zero-order chi connectivity index (χ0) is 14.1. The number of benzene rings is 2. The lowest BCUT2D eigenvalue weighted by atomic mass is 10.1. The lowest BCUT2D eigenvalue weighted by Crippen LogP contribution is -2.18. The molecule has 0 radical (unpaired) electrons. The van der Waals surface area contributed by atoms with Gasteiger partial charge in [0.2, 0.25) is 0 Å². The highest BCUT2D eigenvalue weighted by atomic mass is 35.5. The summed E-state index contributed by atoms with van der Waals surface area (Å²) in [6, 6.07) is 9.87. The van der Waals surface area contributed by atoms with Crippen molar-refractivity contribution < 1.29 is 8.78 Å². The number of halogens is 3. The second-order valence-corrected chi connectivity index (χ2v) is 5.47. The normalized spacial score (nSPS) is 17.2. The van der Waals surface area contributed by atoms with Crippen molar-refractivity contribution in [3.8, 4) is 0 Å². The van der Waals surface area contributed by atoms with Crippen LogP contribution in [0.2, 0.25) is 5.02 Å². The number of hydrogen-bond donors (Lipinski definition) is 1. The molecular formula is C16H14ClF2N. The highest BCUT2D eigenvalue weighted by molar-refractivity contribution is 6.30. The van der Waals surface area contributed by atoms with Crippen LogP contribution in [0.5, 0.6) is 0 Å². The summed E-state index contributed by atoms with van der Waals surface area (Å²) in [5.74, 6) is -0.591. The largest absolute Gasteiger partial charge is 0.306 e. The number of aryl methyl sites for hydroxylation is 1. The lowest BCUT2D eigenvalue weighted by molar-refractivity contribution is 0.529. The van der Waals surface area contributed by atoms with Crippen molar-refractivity contribution in [2.24, 2.45) is 0 Å². The maximum absolute atomic E-state index is 13.2. The molecule has 3 rings (SSSR count). The first kappa shape index (κ1) is 13.5. The van der Waals surface area contributed by atoms with Crippen molar-refractivity contribution in [3.63, 3.8) is 0 Å². The van der Waals surface area contributed by atoms with Crippen molar-refractivity contribution in [2.45, 2.75) is 25.4 Å². The fourth-order valence-corrected chi connectivity index (χ4v) is 2.89. The summed E-state index contributed by atoms with van der Waals surface area (Å²) in [7, 11) is 0. The zero-order valence-corrected chi connectivity index (χ0v) is 11.6. The monoisotopic (exact) mass is 293 g/mol.